The van der Waals surface area contributed by atoms with Crippen LogP contribution >= 0.6 is 0 Å². The lowest BCUT2D eigenvalue weighted by atomic mass is 10.2. The summed E-state index contributed by atoms with van der Waals surface area (Å²) in [7, 11) is 0. The molecule has 134 valence electrons. The molecule has 3 N–H and O–H groups in total. The number of para-hydroxylation sites is 1. The number of carbonyl (C=O) groups excluding carboxylic acids is 1. The Balaban J connectivity index is 1.80. The number of hydrazone groups is 1. The molecule has 26 heavy (non-hydrogen) atoms. The number of hydrogen-bond acceptors (Lipinski definition) is 9. The monoisotopic (exact) mass is 356 g/mol. The first-order valence-electron chi connectivity index (χ1n) is 7.67. The molecule has 11 heteroatoms. The summed E-state index contributed by atoms with van der Waals surface area (Å²) in [6.07, 6.45) is 1.48. The Hall–Kier alpha value is -3.76. The van der Waals surface area contributed by atoms with E-state index in [9.17, 15) is 4.79 Å². The Morgan fingerprint density at radius 3 is 2.96 bits per heavy atom. The molecule has 1 aromatic carbocycles. The summed E-state index contributed by atoms with van der Waals surface area (Å²) in [4.78, 5) is 12.5. The fourth-order valence-corrected chi connectivity index (χ4v) is 2.19. The molecule has 2 heterocycles. The number of anilines is 1. The summed E-state index contributed by atoms with van der Waals surface area (Å²) < 4.78 is 11.2. The molecular weight excluding hydrogens is 340 g/mol. The van der Waals surface area contributed by atoms with Gasteiger partial charge in [-0.1, -0.05) is 17.3 Å². The molecule has 2 aromatic heterocycles. The number of nitrogens with zero attached hydrogens (tertiary/aromatic N) is 6. The van der Waals surface area contributed by atoms with Crippen LogP contribution < -0.4 is 15.9 Å². The molecule has 0 bridgehead atoms. The van der Waals surface area contributed by atoms with Crippen LogP contribution in [0.15, 0.2) is 34.0 Å². The van der Waals surface area contributed by atoms with Crippen LogP contribution in [0.2, 0.25) is 0 Å². The van der Waals surface area contributed by atoms with Gasteiger partial charge in [0.1, 0.15) is 5.75 Å². The van der Waals surface area contributed by atoms with Crippen LogP contribution in [0, 0.1) is 6.92 Å². The molecule has 0 fully saturated rings. The van der Waals surface area contributed by atoms with Crippen LogP contribution in [0.3, 0.4) is 0 Å². The number of carbonyl (C=O) groups is 1. The van der Waals surface area contributed by atoms with E-state index in [1.165, 1.54) is 6.21 Å². The lowest BCUT2D eigenvalue weighted by molar-refractivity contribution is 0.0946. The van der Waals surface area contributed by atoms with E-state index in [1.54, 1.807) is 6.92 Å². The van der Waals surface area contributed by atoms with E-state index < -0.39 is 5.91 Å². The van der Waals surface area contributed by atoms with E-state index in [2.05, 4.69) is 35.8 Å². The number of benzene rings is 1. The Morgan fingerprint density at radius 1 is 1.42 bits per heavy atom. The number of amides is 1. The highest BCUT2D eigenvalue weighted by atomic mass is 16.6. The maximum Gasteiger partial charge on any atom is 0.292 e. The van der Waals surface area contributed by atoms with Crippen LogP contribution in [0.1, 0.15) is 28.7 Å². The van der Waals surface area contributed by atoms with Crippen molar-refractivity contribution in [3.8, 4) is 11.6 Å². The van der Waals surface area contributed by atoms with Crippen molar-refractivity contribution in [1.82, 2.24) is 30.7 Å². The predicted octanol–water partition coefficient (Wildman–Crippen LogP) is 0.704. The number of hydrogen-bond donors (Lipinski definition) is 2. The molecule has 0 saturated carbocycles. The standard InChI is InChI=1S/C15H16N8O3/c1-3-25-11-7-5-4-6-10(11)8-17-19-15(24)12-9(2)18-22-23(12)14-13(16)20-26-21-14/h4-8H,3H2,1-2H3,(H2,16,20)(H,19,24). The number of aryl methyl sites for hydroxylation is 1. The van der Waals surface area contributed by atoms with Crippen LogP contribution in [0.5, 0.6) is 5.75 Å². The minimum atomic E-state index is -0.542. The summed E-state index contributed by atoms with van der Waals surface area (Å²) >= 11 is 0. The third-order valence-corrected chi connectivity index (χ3v) is 3.34. The van der Waals surface area contributed by atoms with Crippen molar-refractivity contribution < 1.29 is 14.2 Å². The first-order valence-corrected chi connectivity index (χ1v) is 7.67. The van der Waals surface area contributed by atoms with E-state index in [-0.39, 0.29) is 17.3 Å². The fraction of sp³-hybridized carbons (Fsp3) is 0.200. The van der Waals surface area contributed by atoms with E-state index in [0.717, 1.165) is 10.2 Å². The molecule has 0 radical (unpaired) electrons. The summed E-state index contributed by atoms with van der Waals surface area (Å²) in [6.45, 7) is 4.03. The summed E-state index contributed by atoms with van der Waals surface area (Å²) in [5.74, 6) is 0.178. The second kappa shape index (κ2) is 7.42. The average molecular weight is 356 g/mol. The van der Waals surface area contributed by atoms with E-state index in [1.807, 2.05) is 31.2 Å². The van der Waals surface area contributed by atoms with Crippen molar-refractivity contribution in [2.45, 2.75) is 13.8 Å². The zero-order valence-electron chi connectivity index (χ0n) is 14.1. The Labute approximate surface area is 147 Å². The number of nitrogen functional groups attached to an aromatic ring is 1. The van der Waals surface area contributed by atoms with Gasteiger partial charge in [0.15, 0.2) is 5.69 Å². The van der Waals surface area contributed by atoms with E-state index in [0.29, 0.717) is 18.1 Å². The molecule has 0 aliphatic rings. The summed E-state index contributed by atoms with van der Waals surface area (Å²) in [6, 6.07) is 7.33. The second-order valence-electron chi connectivity index (χ2n) is 5.08. The molecule has 3 aromatic rings. The fourth-order valence-electron chi connectivity index (χ4n) is 2.19. The zero-order valence-corrected chi connectivity index (χ0v) is 14.1. The first kappa shape index (κ1) is 17.1. The predicted molar refractivity (Wildman–Crippen MR) is 91.0 cm³/mol. The normalized spacial score (nSPS) is 11.0. The zero-order chi connectivity index (χ0) is 18.5. The minimum absolute atomic E-state index is 0.0157. The largest absolute Gasteiger partial charge is 0.493 e. The van der Waals surface area contributed by atoms with E-state index >= 15 is 0 Å². The SMILES string of the molecule is CCOc1ccccc1C=NNC(=O)c1c(C)nnn1-c1nonc1N. The Morgan fingerprint density at radius 2 is 2.23 bits per heavy atom. The third-order valence-electron chi connectivity index (χ3n) is 3.34. The topological polar surface area (TPSA) is 146 Å². The molecule has 3 rings (SSSR count). The highest BCUT2D eigenvalue weighted by Crippen LogP contribution is 2.16. The van der Waals surface area contributed by atoms with Crippen LogP contribution in [0.4, 0.5) is 5.82 Å². The quantitative estimate of drug-likeness (QED) is 0.485. The lowest BCUT2D eigenvalue weighted by Crippen LogP contribution is -2.22. The molecule has 0 atom stereocenters. The molecule has 0 aliphatic heterocycles. The van der Waals surface area contributed by atoms with Gasteiger partial charge in [0.05, 0.1) is 18.5 Å². The molecule has 0 saturated heterocycles. The van der Waals surface area contributed by atoms with Crippen LogP contribution in [-0.4, -0.2) is 44.0 Å². The molecule has 0 spiro atoms. The van der Waals surface area contributed by atoms with Gasteiger partial charge >= 0.3 is 0 Å². The van der Waals surface area contributed by atoms with Gasteiger partial charge in [-0.25, -0.2) is 10.1 Å². The number of nitrogens with one attached hydrogen (secondary N) is 1. The molecule has 1 amide bonds. The highest BCUT2D eigenvalue weighted by molar-refractivity contribution is 5.95. The average Bonchev–Trinajstić information content (AvgIpc) is 3.21. The van der Waals surface area contributed by atoms with Gasteiger partial charge in [-0.3, -0.25) is 4.79 Å². The maximum atomic E-state index is 12.5. The lowest BCUT2D eigenvalue weighted by Gasteiger charge is -2.06. The number of nitrogens with two attached hydrogens (primary N) is 1. The van der Waals surface area contributed by atoms with Crippen molar-refractivity contribution in [2.75, 3.05) is 12.3 Å². The van der Waals surface area contributed by atoms with E-state index in [4.69, 9.17) is 10.5 Å². The van der Waals surface area contributed by atoms with Gasteiger partial charge in [0.25, 0.3) is 5.91 Å². The molecular formula is C15H16N8O3. The number of ether oxygens (including phenoxy) is 1. The maximum absolute atomic E-state index is 12.5. The molecule has 0 aliphatic carbocycles. The summed E-state index contributed by atoms with van der Waals surface area (Å²) in [5, 5.41) is 18.7. The smallest absolute Gasteiger partial charge is 0.292 e. The second-order valence-corrected chi connectivity index (χ2v) is 5.08. The minimum Gasteiger partial charge on any atom is -0.493 e. The third kappa shape index (κ3) is 3.36. The van der Waals surface area contributed by atoms with Crippen molar-refractivity contribution in [3.05, 3.63) is 41.2 Å². The molecule has 11 nitrogen and oxygen atoms in total. The van der Waals surface area contributed by atoms with Gasteiger partial charge in [-0.05, 0) is 36.3 Å². The van der Waals surface area contributed by atoms with Crippen molar-refractivity contribution in [3.63, 3.8) is 0 Å². The van der Waals surface area contributed by atoms with Gasteiger partial charge in [-0.2, -0.15) is 9.78 Å². The van der Waals surface area contributed by atoms with Crippen molar-refractivity contribution >= 4 is 17.9 Å². The van der Waals surface area contributed by atoms with Crippen LogP contribution in [0.25, 0.3) is 5.82 Å². The first-order chi connectivity index (χ1) is 12.6. The Kier molecular flexibility index (Phi) is 4.87. The number of aromatic nitrogens is 5. The van der Waals surface area contributed by atoms with Gasteiger partial charge < -0.3 is 10.5 Å². The van der Waals surface area contributed by atoms with Crippen molar-refractivity contribution in [2.24, 2.45) is 5.10 Å². The Bertz CT molecular complexity index is 946. The summed E-state index contributed by atoms with van der Waals surface area (Å²) in [5.41, 5.74) is 9.27. The highest BCUT2D eigenvalue weighted by Gasteiger charge is 2.22. The van der Waals surface area contributed by atoms with Gasteiger partial charge in [0.2, 0.25) is 11.6 Å². The molecule has 0 unspecified atom stereocenters. The number of rotatable bonds is 6. The van der Waals surface area contributed by atoms with Gasteiger partial charge in [-0.15, -0.1) is 5.10 Å². The van der Waals surface area contributed by atoms with Gasteiger partial charge in [0, 0.05) is 5.56 Å². The van der Waals surface area contributed by atoms with Crippen LogP contribution in [-0.2, 0) is 0 Å². The van der Waals surface area contributed by atoms with Crippen molar-refractivity contribution in [1.29, 1.82) is 0 Å².